The molecular formula is C13H17N3OS. The van der Waals surface area contributed by atoms with E-state index in [4.69, 9.17) is 0 Å². The molecule has 0 amide bonds. The first-order valence-corrected chi connectivity index (χ1v) is 6.83. The van der Waals surface area contributed by atoms with Crippen LogP contribution in [0.15, 0.2) is 24.3 Å². The summed E-state index contributed by atoms with van der Waals surface area (Å²) < 4.78 is 0. The average molecular weight is 263 g/mol. The molecule has 2 N–H and O–H groups in total. The number of nitrogens with zero attached hydrogens (tertiary/aromatic N) is 2. The Kier molecular flexibility index (Phi) is 4.66. The Morgan fingerprint density at radius 3 is 2.89 bits per heavy atom. The lowest BCUT2D eigenvalue weighted by Gasteiger charge is -1.97. The van der Waals surface area contributed by atoms with Gasteiger partial charge in [0.25, 0.3) is 0 Å². The Labute approximate surface area is 111 Å². The summed E-state index contributed by atoms with van der Waals surface area (Å²) in [4.78, 5) is 0. The van der Waals surface area contributed by atoms with Crippen molar-refractivity contribution >= 4 is 11.3 Å². The van der Waals surface area contributed by atoms with E-state index in [2.05, 4.69) is 15.5 Å². The van der Waals surface area contributed by atoms with Gasteiger partial charge < -0.3 is 10.4 Å². The molecule has 1 aromatic carbocycles. The molecule has 0 saturated heterocycles. The molecule has 1 heterocycles. The van der Waals surface area contributed by atoms with Gasteiger partial charge in [-0.3, -0.25) is 0 Å². The van der Waals surface area contributed by atoms with Gasteiger partial charge in [-0.05, 0) is 37.7 Å². The molecule has 2 aromatic rings. The fraction of sp³-hybridized carbons (Fsp3) is 0.385. The van der Waals surface area contributed by atoms with Crippen LogP contribution in [0.1, 0.15) is 22.0 Å². The third-order valence-electron chi connectivity index (χ3n) is 2.59. The molecule has 0 saturated carbocycles. The maximum atomic E-state index is 9.40. The van der Waals surface area contributed by atoms with Gasteiger partial charge in [0.15, 0.2) is 0 Å². The monoisotopic (exact) mass is 263 g/mol. The highest BCUT2D eigenvalue weighted by Crippen LogP contribution is 2.18. The minimum atomic E-state index is 0.297. The number of aromatic hydroxyl groups is 1. The number of rotatable bonds is 6. The second-order valence-corrected chi connectivity index (χ2v) is 5.29. The van der Waals surface area contributed by atoms with Crippen LogP contribution in [-0.2, 0) is 12.8 Å². The smallest absolute Gasteiger partial charge is 0.121 e. The second kappa shape index (κ2) is 6.47. The van der Waals surface area contributed by atoms with Crippen molar-refractivity contribution in [1.29, 1.82) is 0 Å². The van der Waals surface area contributed by atoms with Crippen LogP contribution in [0.5, 0.6) is 5.75 Å². The summed E-state index contributed by atoms with van der Waals surface area (Å²) in [6.45, 7) is 1.00. The molecule has 0 aliphatic carbocycles. The second-order valence-electron chi connectivity index (χ2n) is 4.14. The lowest BCUT2D eigenvalue weighted by Crippen LogP contribution is -2.08. The first-order valence-electron chi connectivity index (χ1n) is 6.01. The Bertz CT molecular complexity index is 498. The third-order valence-corrected chi connectivity index (χ3v) is 3.58. The normalized spacial score (nSPS) is 10.7. The molecule has 0 fully saturated rings. The van der Waals surface area contributed by atoms with Crippen LogP contribution >= 0.6 is 11.3 Å². The zero-order chi connectivity index (χ0) is 12.8. The molecule has 0 bridgehead atoms. The Morgan fingerprint density at radius 2 is 2.11 bits per heavy atom. The Morgan fingerprint density at radius 1 is 1.28 bits per heavy atom. The van der Waals surface area contributed by atoms with E-state index in [-0.39, 0.29) is 0 Å². The minimum absolute atomic E-state index is 0.297. The first-order chi connectivity index (χ1) is 8.78. The first kappa shape index (κ1) is 13.0. The van der Waals surface area contributed by atoms with Crippen molar-refractivity contribution in [3.8, 4) is 5.75 Å². The SMILES string of the molecule is CNCCCc1nnc(Cc2cccc(O)c2)s1. The molecule has 1 aromatic heterocycles. The van der Waals surface area contributed by atoms with Crippen LogP contribution in [0.25, 0.3) is 0 Å². The van der Waals surface area contributed by atoms with Crippen LogP contribution in [0.2, 0.25) is 0 Å². The van der Waals surface area contributed by atoms with Gasteiger partial charge in [-0.1, -0.05) is 12.1 Å². The van der Waals surface area contributed by atoms with Crippen LogP contribution in [0.3, 0.4) is 0 Å². The molecule has 0 atom stereocenters. The summed E-state index contributed by atoms with van der Waals surface area (Å²) >= 11 is 1.65. The highest BCUT2D eigenvalue weighted by molar-refractivity contribution is 7.11. The Balaban J connectivity index is 1.94. The standard InChI is InChI=1S/C13H17N3OS/c1-14-7-3-6-12-15-16-13(18-12)9-10-4-2-5-11(17)8-10/h2,4-5,8,14,17H,3,6-7,9H2,1H3. The van der Waals surface area contributed by atoms with E-state index >= 15 is 0 Å². The van der Waals surface area contributed by atoms with E-state index < -0.39 is 0 Å². The van der Waals surface area contributed by atoms with Gasteiger partial charge >= 0.3 is 0 Å². The number of benzene rings is 1. The lowest BCUT2D eigenvalue weighted by molar-refractivity contribution is 0.474. The van der Waals surface area contributed by atoms with Crippen LogP contribution in [-0.4, -0.2) is 28.9 Å². The predicted molar refractivity (Wildman–Crippen MR) is 73.1 cm³/mol. The summed E-state index contributed by atoms with van der Waals surface area (Å²) in [7, 11) is 1.95. The van der Waals surface area contributed by atoms with Gasteiger partial charge in [-0.2, -0.15) is 0 Å². The van der Waals surface area contributed by atoms with Gasteiger partial charge in [-0.15, -0.1) is 21.5 Å². The number of nitrogens with one attached hydrogen (secondary N) is 1. The van der Waals surface area contributed by atoms with E-state index in [9.17, 15) is 5.11 Å². The number of aryl methyl sites for hydroxylation is 1. The van der Waals surface area contributed by atoms with E-state index in [1.165, 1.54) is 0 Å². The number of aromatic nitrogens is 2. The van der Waals surface area contributed by atoms with Crippen molar-refractivity contribution < 1.29 is 5.11 Å². The fourth-order valence-corrected chi connectivity index (χ4v) is 2.64. The molecule has 0 aliphatic rings. The van der Waals surface area contributed by atoms with Gasteiger partial charge in [0.2, 0.25) is 0 Å². The minimum Gasteiger partial charge on any atom is -0.508 e. The number of phenolic OH excluding ortho intramolecular Hbond substituents is 1. The molecule has 18 heavy (non-hydrogen) atoms. The quantitative estimate of drug-likeness (QED) is 0.783. The van der Waals surface area contributed by atoms with Gasteiger partial charge in [0, 0.05) is 12.8 Å². The van der Waals surface area contributed by atoms with Crippen LogP contribution in [0, 0.1) is 0 Å². The van der Waals surface area contributed by atoms with Crippen molar-refractivity contribution in [2.45, 2.75) is 19.3 Å². The molecule has 96 valence electrons. The molecule has 5 heteroatoms. The van der Waals surface area contributed by atoms with Crippen molar-refractivity contribution in [3.63, 3.8) is 0 Å². The average Bonchev–Trinajstić information content (AvgIpc) is 2.77. The van der Waals surface area contributed by atoms with Gasteiger partial charge in [0.05, 0.1) is 0 Å². The summed E-state index contributed by atoms with van der Waals surface area (Å²) in [6.07, 6.45) is 2.79. The third kappa shape index (κ3) is 3.78. The van der Waals surface area contributed by atoms with Crippen molar-refractivity contribution in [2.24, 2.45) is 0 Å². The van der Waals surface area contributed by atoms with E-state index in [0.717, 1.165) is 41.4 Å². The molecule has 0 spiro atoms. The van der Waals surface area contributed by atoms with Gasteiger partial charge in [-0.25, -0.2) is 0 Å². The summed E-state index contributed by atoms with van der Waals surface area (Å²) in [6, 6.07) is 7.27. The fourth-order valence-electron chi connectivity index (χ4n) is 1.72. The molecule has 0 unspecified atom stereocenters. The number of phenols is 1. The number of hydrogen-bond donors (Lipinski definition) is 2. The molecular weight excluding hydrogens is 246 g/mol. The summed E-state index contributed by atoms with van der Waals surface area (Å²) in [5, 5.41) is 23.0. The highest BCUT2D eigenvalue weighted by Gasteiger charge is 2.05. The number of hydrogen-bond acceptors (Lipinski definition) is 5. The maximum Gasteiger partial charge on any atom is 0.121 e. The lowest BCUT2D eigenvalue weighted by atomic mass is 10.1. The molecule has 0 radical (unpaired) electrons. The largest absolute Gasteiger partial charge is 0.508 e. The molecule has 4 nitrogen and oxygen atoms in total. The van der Waals surface area contributed by atoms with Crippen LogP contribution < -0.4 is 5.32 Å². The van der Waals surface area contributed by atoms with Gasteiger partial charge in [0.1, 0.15) is 15.8 Å². The van der Waals surface area contributed by atoms with Crippen LogP contribution in [0.4, 0.5) is 0 Å². The van der Waals surface area contributed by atoms with Crippen molar-refractivity contribution in [3.05, 3.63) is 39.8 Å². The van der Waals surface area contributed by atoms with E-state index in [0.29, 0.717) is 5.75 Å². The van der Waals surface area contributed by atoms with E-state index in [1.807, 2.05) is 19.2 Å². The summed E-state index contributed by atoms with van der Waals surface area (Å²) in [5.74, 6) is 0.297. The predicted octanol–water partition coefficient (Wildman–Crippen LogP) is 1.99. The van der Waals surface area contributed by atoms with E-state index in [1.54, 1.807) is 23.5 Å². The maximum absolute atomic E-state index is 9.40. The van der Waals surface area contributed by atoms with Crippen molar-refractivity contribution in [2.75, 3.05) is 13.6 Å². The molecule has 2 rings (SSSR count). The zero-order valence-corrected chi connectivity index (χ0v) is 11.2. The topological polar surface area (TPSA) is 58.0 Å². The molecule has 0 aliphatic heterocycles. The zero-order valence-electron chi connectivity index (χ0n) is 10.4. The summed E-state index contributed by atoms with van der Waals surface area (Å²) in [5.41, 5.74) is 1.06. The highest BCUT2D eigenvalue weighted by atomic mass is 32.1. The van der Waals surface area contributed by atoms with Crippen molar-refractivity contribution in [1.82, 2.24) is 15.5 Å². The Hall–Kier alpha value is -1.46.